The number of piperazine rings is 1. The normalized spacial score (nSPS) is 17.6. The van der Waals surface area contributed by atoms with Crippen molar-refractivity contribution in [1.29, 1.82) is 0 Å². The molecule has 4 rings (SSSR count). The zero-order valence-electron chi connectivity index (χ0n) is 20.5. The van der Waals surface area contributed by atoms with Gasteiger partial charge in [-0.1, -0.05) is 12.1 Å². The zero-order chi connectivity index (χ0) is 29.1. The lowest BCUT2D eigenvalue weighted by atomic mass is 9.72. The summed E-state index contributed by atoms with van der Waals surface area (Å²) in [6.45, 7) is -1.77. The standard InChI is InChI=1S/C23H22BF2N5O9/c25-4-5-30-6-7-31(21(35)20(30)34)23(38)29-17(16-14(26)9-12(32)10-27-16)19(33)28-15-8-11-2-1-3-13(22(36)37)18(11)40-24(15)39/h1-3,9-10,15,17,32,39H,4-8H2,(H,28,33)(H,29,38)(H,36,37)/t15-,17?/m0/s1. The summed E-state index contributed by atoms with van der Waals surface area (Å²) in [6.07, 6.45) is 0.691. The number of nitrogens with zero attached hydrogens (tertiary/aromatic N) is 3. The molecule has 1 fully saturated rings. The molecule has 2 aromatic rings. The molecule has 1 saturated heterocycles. The Balaban J connectivity index is 1.57. The van der Waals surface area contributed by atoms with Crippen LogP contribution in [0.5, 0.6) is 11.5 Å². The van der Waals surface area contributed by atoms with Crippen molar-refractivity contribution in [2.24, 2.45) is 0 Å². The summed E-state index contributed by atoms with van der Waals surface area (Å²) in [7, 11) is -1.74. The summed E-state index contributed by atoms with van der Waals surface area (Å²) < 4.78 is 32.7. The fraction of sp³-hybridized carbons (Fsp3) is 0.304. The van der Waals surface area contributed by atoms with Crippen LogP contribution in [-0.2, 0) is 20.8 Å². The molecule has 0 spiro atoms. The van der Waals surface area contributed by atoms with Gasteiger partial charge in [0, 0.05) is 25.7 Å². The molecule has 3 heterocycles. The monoisotopic (exact) mass is 561 g/mol. The Bertz CT molecular complexity index is 1380. The molecule has 1 aromatic heterocycles. The molecule has 0 radical (unpaired) electrons. The summed E-state index contributed by atoms with van der Waals surface area (Å²) in [5, 5.41) is 33.9. The number of aromatic nitrogens is 1. The number of rotatable bonds is 7. The van der Waals surface area contributed by atoms with Crippen LogP contribution in [0.3, 0.4) is 0 Å². The number of hydrogen-bond donors (Lipinski definition) is 5. The SMILES string of the molecule is O=C(O)c1cccc2c1OB(O)[C@@H](NC(=O)C(NC(=O)N1CCN(CCF)C(=O)C1=O)c1ncc(O)cc1F)C2. The number of carbonyl (C=O) groups excluding carboxylic acids is 4. The minimum absolute atomic E-state index is 0.0980. The molecule has 40 heavy (non-hydrogen) atoms. The second-order valence-electron chi connectivity index (χ2n) is 8.81. The molecule has 1 aromatic carbocycles. The Morgan fingerprint density at radius 1 is 1.23 bits per heavy atom. The summed E-state index contributed by atoms with van der Waals surface area (Å²) >= 11 is 0. The fourth-order valence-electron chi connectivity index (χ4n) is 4.28. The average molecular weight is 561 g/mol. The number of aromatic carboxylic acids is 1. The van der Waals surface area contributed by atoms with Gasteiger partial charge in [0.2, 0.25) is 5.91 Å². The van der Waals surface area contributed by atoms with E-state index in [1.807, 2.05) is 0 Å². The largest absolute Gasteiger partial charge is 0.547 e. The van der Waals surface area contributed by atoms with Gasteiger partial charge in [-0.15, -0.1) is 0 Å². The number of alkyl halides is 1. The molecule has 0 aliphatic carbocycles. The number of hydrogen-bond acceptors (Lipinski definition) is 9. The number of urea groups is 1. The van der Waals surface area contributed by atoms with E-state index in [0.717, 1.165) is 11.1 Å². The van der Waals surface area contributed by atoms with E-state index in [0.29, 0.717) is 16.5 Å². The predicted octanol–water partition coefficient (Wildman–Crippen LogP) is -0.845. The van der Waals surface area contributed by atoms with Crippen molar-refractivity contribution >= 4 is 36.8 Å². The lowest BCUT2D eigenvalue weighted by Gasteiger charge is -2.33. The molecule has 17 heteroatoms. The zero-order valence-corrected chi connectivity index (χ0v) is 20.5. The smallest absolute Gasteiger partial charge is 0.534 e. The minimum Gasteiger partial charge on any atom is -0.534 e. The van der Waals surface area contributed by atoms with Crippen molar-refractivity contribution in [3.05, 3.63) is 53.1 Å². The van der Waals surface area contributed by atoms with Crippen LogP contribution >= 0.6 is 0 Å². The third-order valence-electron chi connectivity index (χ3n) is 6.24. The number of nitrogens with one attached hydrogen (secondary N) is 2. The van der Waals surface area contributed by atoms with Crippen LogP contribution in [0, 0.1) is 5.82 Å². The van der Waals surface area contributed by atoms with Gasteiger partial charge in [0.15, 0.2) is 11.9 Å². The lowest BCUT2D eigenvalue weighted by molar-refractivity contribution is -0.153. The van der Waals surface area contributed by atoms with Gasteiger partial charge >= 0.3 is 30.9 Å². The molecular weight excluding hydrogens is 539 g/mol. The van der Waals surface area contributed by atoms with Crippen LogP contribution in [-0.4, -0.2) is 99.1 Å². The number of carboxylic acid groups (broad SMARTS) is 1. The molecule has 2 aliphatic rings. The summed E-state index contributed by atoms with van der Waals surface area (Å²) in [6, 6.07) is 1.65. The molecule has 210 valence electrons. The highest BCUT2D eigenvalue weighted by Crippen LogP contribution is 2.30. The van der Waals surface area contributed by atoms with E-state index in [1.165, 1.54) is 18.2 Å². The van der Waals surface area contributed by atoms with Gasteiger partial charge in [-0.05, 0) is 18.1 Å². The highest BCUT2D eigenvalue weighted by atomic mass is 19.1. The highest BCUT2D eigenvalue weighted by molar-refractivity contribution is 6.47. The van der Waals surface area contributed by atoms with Gasteiger partial charge in [0.05, 0.1) is 17.7 Å². The van der Waals surface area contributed by atoms with Crippen molar-refractivity contribution in [2.75, 3.05) is 26.3 Å². The number of carboxylic acids is 1. The molecule has 1 unspecified atom stereocenters. The summed E-state index contributed by atoms with van der Waals surface area (Å²) in [5.41, 5.74) is -0.550. The van der Waals surface area contributed by atoms with E-state index in [9.17, 15) is 48.0 Å². The van der Waals surface area contributed by atoms with Crippen molar-refractivity contribution in [3.8, 4) is 11.5 Å². The van der Waals surface area contributed by atoms with E-state index in [2.05, 4.69) is 15.6 Å². The van der Waals surface area contributed by atoms with E-state index < -0.39 is 72.8 Å². The van der Waals surface area contributed by atoms with E-state index in [1.54, 1.807) is 0 Å². The molecule has 2 aliphatic heterocycles. The highest BCUT2D eigenvalue weighted by Gasteiger charge is 2.41. The van der Waals surface area contributed by atoms with E-state index in [-0.39, 0.29) is 37.4 Å². The minimum atomic E-state index is -1.93. The van der Waals surface area contributed by atoms with Crippen LogP contribution < -0.4 is 15.3 Å². The summed E-state index contributed by atoms with van der Waals surface area (Å²) in [5.74, 6) is -7.94. The maximum Gasteiger partial charge on any atom is 0.547 e. The first-order valence-electron chi connectivity index (χ1n) is 11.8. The number of benzene rings is 1. The van der Waals surface area contributed by atoms with E-state index >= 15 is 0 Å². The van der Waals surface area contributed by atoms with Gasteiger partial charge in [0.1, 0.15) is 23.9 Å². The predicted molar refractivity (Wildman–Crippen MR) is 129 cm³/mol. The van der Waals surface area contributed by atoms with Crippen molar-refractivity contribution < 1.29 is 52.6 Å². The van der Waals surface area contributed by atoms with Crippen molar-refractivity contribution in [1.82, 2.24) is 25.4 Å². The number of amides is 5. The molecule has 5 N–H and O–H groups in total. The topological polar surface area (TPSA) is 199 Å². The third kappa shape index (κ3) is 5.63. The Morgan fingerprint density at radius 2 is 1.98 bits per heavy atom. The maximum absolute atomic E-state index is 14.7. The Labute approximate surface area is 224 Å². The number of carbonyl (C=O) groups is 5. The summed E-state index contributed by atoms with van der Waals surface area (Å²) in [4.78, 5) is 67.4. The molecule has 2 atom stereocenters. The number of halogens is 2. The average Bonchev–Trinajstić information content (AvgIpc) is 2.90. The molecule has 0 bridgehead atoms. The number of fused-ring (bicyclic) bond motifs is 1. The number of para-hydroxylation sites is 1. The van der Waals surface area contributed by atoms with E-state index in [4.69, 9.17) is 4.65 Å². The Morgan fingerprint density at radius 3 is 2.65 bits per heavy atom. The van der Waals surface area contributed by atoms with Crippen LogP contribution in [0.1, 0.15) is 27.7 Å². The van der Waals surface area contributed by atoms with Gasteiger partial charge in [-0.25, -0.2) is 18.4 Å². The van der Waals surface area contributed by atoms with Gasteiger partial charge in [0.25, 0.3) is 0 Å². The molecule has 0 saturated carbocycles. The Kier molecular flexibility index (Phi) is 8.13. The third-order valence-corrected chi connectivity index (χ3v) is 6.24. The van der Waals surface area contributed by atoms with Gasteiger partial charge in [-0.2, -0.15) is 0 Å². The maximum atomic E-state index is 14.7. The van der Waals surface area contributed by atoms with Crippen molar-refractivity contribution in [2.45, 2.75) is 18.4 Å². The quantitative estimate of drug-likeness (QED) is 0.210. The first kappa shape index (κ1) is 28.2. The number of imide groups is 1. The van der Waals surface area contributed by atoms with Crippen LogP contribution in [0.25, 0.3) is 0 Å². The van der Waals surface area contributed by atoms with Crippen molar-refractivity contribution in [3.63, 3.8) is 0 Å². The molecule has 14 nitrogen and oxygen atoms in total. The lowest BCUT2D eigenvalue weighted by Crippen LogP contribution is -2.60. The Hall–Kier alpha value is -4.80. The van der Waals surface area contributed by atoms with Crippen LogP contribution in [0.4, 0.5) is 13.6 Å². The van der Waals surface area contributed by atoms with Gasteiger partial charge in [-0.3, -0.25) is 24.3 Å². The number of pyridine rings is 1. The van der Waals surface area contributed by atoms with Crippen LogP contribution in [0.2, 0.25) is 0 Å². The number of aromatic hydroxyl groups is 1. The van der Waals surface area contributed by atoms with Crippen LogP contribution in [0.15, 0.2) is 30.5 Å². The molecule has 5 amide bonds. The first-order valence-corrected chi connectivity index (χ1v) is 11.8. The second-order valence-corrected chi connectivity index (χ2v) is 8.81. The fourth-order valence-corrected chi connectivity index (χ4v) is 4.28. The first-order chi connectivity index (χ1) is 19.0. The van der Waals surface area contributed by atoms with Gasteiger partial charge < -0.3 is 35.4 Å². The molecular formula is C23H22BF2N5O9. The second kappa shape index (κ2) is 11.5.